The van der Waals surface area contributed by atoms with Gasteiger partial charge < -0.3 is 24.7 Å². The predicted molar refractivity (Wildman–Crippen MR) is 101 cm³/mol. The number of H-pyrrole nitrogens is 1. The Labute approximate surface area is 168 Å². The first-order valence-electron chi connectivity index (χ1n) is 8.69. The molecule has 1 unspecified atom stereocenters. The number of benzene rings is 1. The molecule has 1 fully saturated rings. The summed E-state index contributed by atoms with van der Waals surface area (Å²) in [6.07, 6.45) is -3.20. The van der Waals surface area contributed by atoms with Crippen molar-refractivity contribution in [3.05, 3.63) is 63.3 Å². The van der Waals surface area contributed by atoms with Gasteiger partial charge in [-0.15, -0.1) is 0 Å². The molecular weight excluding hydrogens is 402 g/mol. The molecule has 11 nitrogen and oxygen atoms in total. The number of nitrogens with one attached hydrogen (secondary N) is 1. The highest BCUT2D eigenvalue weighted by Gasteiger charge is 2.45. The van der Waals surface area contributed by atoms with Crippen LogP contribution < -0.4 is 0 Å². The van der Waals surface area contributed by atoms with Gasteiger partial charge in [0.25, 0.3) is 0 Å². The van der Waals surface area contributed by atoms with E-state index in [2.05, 4.69) is 15.0 Å². The van der Waals surface area contributed by atoms with E-state index in [0.29, 0.717) is 16.7 Å². The maximum atomic E-state index is 11.4. The number of rotatable bonds is 6. The molecule has 1 aliphatic rings. The molecule has 4 rings (SSSR count). The molecule has 29 heavy (non-hydrogen) atoms. The maximum absolute atomic E-state index is 11.4. The van der Waals surface area contributed by atoms with E-state index in [1.165, 1.54) is 17.2 Å². The Morgan fingerprint density at radius 2 is 2.07 bits per heavy atom. The number of aromatic amines is 1. The summed E-state index contributed by atoms with van der Waals surface area (Å²) >= 11 is 5.12. The molecule has 3 N–H and O–H groups in total. The van der Waals surface area contributed by atoms with Crippen molar-refractivity contribution in [3.63, 3.8) is 0 Å². The summed E-state index contributed by atoms with van der Waals surface area (Å²) in [6.45, 7) is -0.292. The summed E-state index contributed by atoms with van der Waals surface area (Å²) in [5, 5.41) is 32.2. The van der Waals surface area contributed by atoms with E-state index in [9.17, 15) is 20.3 Å². The van der Waals surface area contributed by atoms with Crippen LogP contribution in [-0.2, 0) is 9.47 Å². The molecule has 0 amide bonds. The van der Waals surface area contributed by atoms with Crippen LogP contribution in [0.5, 0.6) is 0 Å². The first kappa shape index (κ1) is 19.5. The lowest BCUT2D eigenvalue weighted by Crippen LogP contribution is -2.34. The normalized spacial score (nSPS) is 25.3. The molecular formula is C17H17N5O6S. The second kappa shape index (κ2) is 7.93. The summed E-state index contributed by atoms with van der Waals surface area (Å²) < 4.78 is 12.9. The van der Waals surface area contributed by atoms with Crippen LogP contribution in [0.2, 0.25) is 0 Å². The number of fused-ring (bicyclic) bond motifs is 1. The standard InChI is InChI=1S/C17H17N5O6S/c23-12-10(6-27-16(22(25)26)9-4-2-1-3-5-9)28-17(13(12)24)21-8-20-11-14(21)18-7-19-15(11)29/h1-5,7-8,10,12-13,16-17,23-24H,6H2,(H,18,19,29)/t10-,12-,13-,16?,17-/m1/s1. The number of nitrogens with zero attached hydrogens (tertiary/aromatic N) is 4. The van der Waals surface area contributed by atoms with Crippen molar-refractivity contribution in [2.45, 2.75) is 30.8 Å². The number of aliphatic hydroxyl groups excluding tert-OH is 2. The maximum Gasteiger partial charge on any atom is 0.342 e. The second-order valence-corrected chi connectivity index (χ2v) is 6.87. The molecule has 12 heteroatoms. The van der Waals surface area contributed by atoms with E-state index in [1.54, 1.807) is 30.3 Å². The number of aliphatic hydroxyl groups is 2. The molecule has 0 saturated carbocycles. The Bertz CT molecular complexity index is 1070. The zero-order chi connectivity index (χ0) is 20.5. The fraction of sp³-hybridized carbons (Fsp3) is 0.353. The molecule has 0 radical (unpaired) electrons. The van der Waals surface area contributed by atoms with Crippen molar-refractivity contribution < 1.29 is 24.6 Å². The van der Waals surface area contributed by atoms with Gasteiger partial charge in [0.05, 0.1) is 29.7 Å². The van der Waals surface area contributed by atoms with Crippen LogP contribution in [-0.4, -0.2) is 59.6 Å². The molecule has 1 saturated heterocycles. The highest BCUT2D eigenvalue weighted by molar-refractivity contribution is 7.71. The second-order valence-electron chi connectivity index (χ2n) is 6.48. The molecule has 3 aromatic rings. The van der Waals surface area contributed by atoms with Crippen molar-refractivity contribution in [2.75, 3.05) is 6.61 Å². The summed E-state index contributed by atoms with van der Waals surface area (Å²) in [4.78, 5) is 21.8. The van der Waals surface area contributed by atoms with Crippen LogP contribution in [0.1, 0.15) is 18.0 Å². The third-order valence-corrected chi connectivity index (χ3v) is 4.98. The number of nitro groups is 1. The Kier molecular flexibility index (Phi) is 5.34. The number of hydrogen-bond donors (Lipinski definition) is 3. The van der Waals surface area contributed by atoms with Gasteiger partial charge in [-0.05, 0) is 12.1 Å². The summed E-state index contributed by atoms with van der Waals surface area (Å²) in [6, 6.07) is 8.22. The lowest BCUT2D eigenvalue weighted by molar-refractivity contribution is -0.585. The van der Waals surface area contributed by atoms with Gasteiger partial charge in [0.2, 0.25) is 0 Å². The Morgan fingerprint density at radius 1 is 1.31 bits per heavy atom. The number of aromatic nitrogens is 4. The monoisotopic (exact) mass is 419 g/mol. The lowest BCUT2D eigenvalue weighted by atomic mass is 10.1. The molecule has 3 heterocycles. The van der Waals surface area contributed by atoms with Crippen LogP contribution in [0.15, 0.2) is 43.0 Å². The van der Waals surface area contributed by atoms with Crippen LogP contribution in [0.4, 0.5) is 0 Å². The minimum Gasteiger partial charge on any atom is -0.387 e. The molecule has 1 aromatic carbocycles. The molecule has 2 aromatic heterocycles. The topological polar surface area (TPSA) is 149 Å². The van der Waals surface area contributed by atoms with Crippen LogP contribution in [0, 0.1) is 14.8 Å². The zero-order valence-corrected chi connectivity index (χ0v) is 15.7. The average molecular weight is 419 g/mol. The summed E-state index contributed by atoms with van der Waals surface area (Å²) in [5.74, 6) is 0. The van der Waals surface area contributed by atoms with Gasteiger partial charge in [-0.3, -0.25) is 14.7 Å². The van der Waals surface area contributed by atoms with Gasteiger partial charge in [0, 0.05) is 0 Å². The minimum absolute atomic E-state index is 0.280. The largest absolute Gasteiger partial charge is 0.387 e. The van der Waals surface area contributed by atoms with Crippen molar-refractivity contribution >= 4 is 23.4 Å². The Morgan fingerprint density at radius 3 is 2.79 bits per heavy atom. The Hall–Kier alpha value is -2.77. The highest BCUT2D eigenvalue weighted by Crippen LogP contribution is 2.32. The van der Waals surface area contributed by atoms with Crippen LogP contribution in [0.25, 0.3) is 11.2 Å². The van der Waals surface area contributed by atoms with Gasteiger partial charge in [-0.1, -0.05) is 30.4 Å². The first-order valence-corrected chi connectivity index (χ1v) is 9.10. The Balaban J connectivity index is 1.52. The van der Waals surface area contributed by atoms with E-state index in [-0.39, 0.29) is 11.2 Å². The van der Waals surface area contributed by atoms with E-state index in [0.717, 1.165) is 0 Å². The molecule has 5 atom stereocenters. The number of ether oxygens (including phenoxy) is 2. The number of hydrogen-bond acceptors (Lipinski definition) is 9. The fourth-order valence-corrected chi connectivity index (χ4v) is 3.45. The predicted octanol–water partition coefficient (Wildman–Crippen LogP) is 1.10. The number of imidazole rings is 1. The molecule has 0 spiro atoms. The molecule has 1 aliphatic heterocycles. The van der Waals surface area contributed by atoms with Crippen LogP contribution in [0.3, 0.4) is 0 Å². The molecule has 0 aliphatic carbocycles. The average Bonchev–Trinajstić information content (AvgIpc) is 3.26. The molecule has 0 bridgehead atoms. The van der Waals surface area contributed by atoms with Crippen molar-refractivity contribution in [1.29, 1.82) is 0 Å². The summed E-state index contributed by atoms with van der Waals surface area (Å²) in [5.41, 5.74) is 1.25. The van der Waals surface area contributed by atoms with Crippen LogP contribution >= 0.6 is 12.2 Å². The third kappa shape index (κ3) is 3.63. The highest BCUT2D eigenvalue weighted by atomic mass is 32.1. The first-order chi connectivity index (χ1) is 14.0. The van der Waals surface area contributed by atoms with Crippen molar-refractivity contribution in [2.24, 2.45) is 0 Å². The quantitative estimate of drug-likeness (QED) is 0.231. The van der Waals surface area contributed by atoms with Gasteiger partial charge in [-0.25, -0.2) is 9.97 Å². The van der Waals surface area contributed by atoms with Gasteiger partial charge in [0.1, 0.15) is 29.5 Å². The molecule has 152 valence electrons. The lowest BCUT2D eigenvalue weighted by Gasteiger charge is -2.17. The van der Waals surface area contributed by atoms with Gasteiger partial charge in [-0.2, -0.15) is 0 Å². The van der Waals surface area contributed by atoms with E-state index in [1.807, 2.05) is 0 Å². The SMILES string of the molecule is O=[N+]([O-])C(OC[C@H]1O[C@@H](n2cnc3c(=S)nc[nH]c32)[C@H](O)[C@@H]1O)c1ccccc1. The summed E-state index contributed by atoms with van der Waals surface area (Å²) in [7, 11) is 0. The smallest absolute Gasteiger partial charge is 0.342 e. The van der Waals surface area contributed by atoms with E-state index in [4.69, 9.17) is 21.7 Å². The van der Waals surface area contributed by atoms with Crippen molar-refractivity contribution in [1.82, 2.24) is 19.5 Å². The third-order valence-electron chi connectivity index (χ3n) is 4.69. The van der Waals surface area contributed by atoms with Gasteiger partial charge >= 0.3 is 6.23 Å². The minimum atomic E-state index is -1.42. The van der Waals surface area contributed by atoms with Gasteiger partial charge in [0.15, 0.2) is 10.9 Å². The zero-order valence-electron chi connectivity index (χ0n) is 14.9. The van der Waals surface area contributed by atoms with E-state index >= 15 is 0 Å². The fourth-order valence-electron chi connectivity index (χ4n) is 3.25. The van der Waals surface area contributed by atoms with E-state index < -0.39 is 35.7 Å². The van der Waals surface area contributed by atoms with Crippen molar-refractivity contribution in [3.8, 4) is 0 Å².